The number of halogens is 3. The van der Waals surface area contributed by atoms with Crippen LogP contribution >= 0.6 is 0 Å². The first-order valence-electron chi connectivity index (χ1n) is 6.69. The van der Waals surface area contributed by atoms with Crippen molar-refractivity contribution >= 4 is 22.7 Å². The number of hydrogen-bond donors (Lipinski definition) is 1. The molecule has 0 radical (unpaired) electrons. The lowest BCUT2D eigenvalue weighted by atomic mass is 10.1. The van der Waals surface area contributed by atoms with E-state index in [1.165, 1.54) is 18.2 Å². The zero-order valence-electron chi connectivity index (χ0n) is 11.9. The van der Waals surface area contributed by atoms with Crippen molar-refractivity contribution in [3.05, 3.63) is 59.5 Å². The zero-order valence-corrected chi connectivity index (χ0v) is 11.9. The Morgan fingerprint density at radius 2 is 1.91 bits per heavy atom. The van der Waals surface area contributed by atoms with Crippen molar-refractivity contribution in [2.75, 3.05) is 5.32 Å². The average molecular weight is 320 g/mol. The molecule has 1 heterocycles. The summed E-state index contributed by atoms with van der Waals surface area (Å²) >= 11 is 0. The number of amides is 1. The molecule has 4 nitrogen and oxygen atoms in total. The zero-order chi connectivity index (χ0) is 16.6. The molecule has 0 atom stereocenters. The molecule has 0 fully saturated rings. The molecule has 1 amide bonds. The molecular weight excluding hydrogens is 309 g/mol. The predicted molar refractivity (Wildman–Crippen MR) is 78.1 cm³/mol. The van der Waals surface area contributed by atoms with E-state index in [-0.39, 0.29) is 0 Å². The third-order valence-electron chi connectivity index (χ3n) is 3.23. The molecule has 0 saturated heterocycles. The number of fused-ring (bicyclic) bond motifs is 1. The lowest BCUT2D eigenvalue weighted by molar-refractivity contribution is -0.137. The molecule has 7 heteroatoms. The van der Waals surface area contributed by atoms with E-state index in [0.717, 1.165) is 12.1 Å². The van der Waals surface area contributed by atoms with Crippen LogP contribution < -0.4 is 5.32 Å². The van der Waals surface area contributed by atoms with Crippen molar-refractivity contribution in [2.24, 2.45) is 0 Å². The molecule has 2 aromatic carbocycles. The molecule has 23 heavy (non-hydrogen) atoms. The molecule has 0 unspecified atom stereocenters. The summed E-state index contributed by atoms with van der Waals surface area (Å²) in [5.74, 6) is -0.376. The summed E-state index contributed by atoms with van der Waals surface area (Å²) in [4.78, 5) is 16.3. The Hall–Kier alpha value is -2.83. The molecule has 0 aliphatic rings. The van der Waals surface area contributed by atoms with Gasteiger partial charge in [0.15, 0.2) is 11.5 Å². The number of oxazole rings is 1. The number of rotatable bonds is 2. The summed E-state index contributed by atoms with van der Waals surface area (Å²) < 4.78 is 44.2. The Morgan fingerprint density at radius 3 is 2.65 bits per heavy atom. The molecule has 118 valence electrons. The van der Waals surface area contributed by atoms with Crippen molar-refractivity contribution in [2.45, 2.75) is 13.1 Å². The van der Waals surface area contributed by atoms with Gasteiger partial charge in [-0.1, -0.05) is 12.1 Å². The number of alkyl halides is 3. The van der Waals surface area contributed by atoms with E-state index in [1.807, 2.05) is 0 Å². The van der Waals surface area contributed by atoms with Crippen LogP contribution in [0.2, 0.25) is 0 Å². The average Bonchev–Trinajstić information content (AvgIpc) is 2.85. The highest BCUT2D eigenvalue weighted by Gasteiger charge is 2.34. The van der Waals surface area contributed by atoms with Crippen molar-refractivity contribution in [3.8, 4) is 0 Å². The number of benzene rings is 2. The maximum Gasteiger partial charge on any atom is 0.417 e. The molecule has 3 aromatic rings. The predicted octanol–water partition coefficient (Wildman–Crippen LogP) is 4.41. The third kappa shape index (κ3) is 3.03. The highest BCUT2D eigenvalue weighted by molar-refractivity contribution is 6.06. The number of nitrogens with one attached hydrogen (secondary N) is 1. The second kappa shape index (κ2) is 5.42. The standard InChI is InChI=1S/C16H11F3N2O2/c1-9-20-13-7-6-10(8-14(13)23-9)21-15(22)11-4-2-3-5-12(11)16(17,18)19/h2-8H,1H3,(H,21,22). The SMILES string of the molecule is Cc1nc2ccc(NC(=O)c3ccccc3C(F)(F)F)cc2o1. The van der Waals surface area contributed by atoms with E-state index < -0.39 is 23.2 Å². The smallest absolute Gasteiger partial charge is 0.417 e. The van der Waals surface area contributed by atoms with Crippen LogP contribution in [0.15, 0.2) is 46.9 Å². The first-order chi connectivity index (χ1) is 10.8. The quantitative estimate of drug-likeness (QED) is 0.761. The van der Waals surface area contributed by atoms with Gasteiger partial charge >= 0.3 is 6.18 Å². The number of anilines is 1. The number of carbonyl (C=O) groups is 1. The van der Waals surface area contributed by atoms with Gasteiger partial charge in [-0.2, -0.15) is 13.2 Å². The summed E-state index contributed by atoms with van der Waals surface area (Å²) in [6.45, 7) is 1.68. The third-order valence-corrected chi connectivity index (χ3v) is 3.23. The maximum atomic E-state index is 13.0. The molecule has 0 spiro atoms. The summed E-state index contributed by atoms with van der Waals surface area (Å²) in [6, 6.07) is 9.32. The van der Waals surface area contributed by atoms with Gasteiger partial charge in [0.2, 0.25) is 0 Å². The van der Waals surface area contributed by atoms with Gasteiger partial charge < -0.3 is 9.73 Å². The first kappa shape index (κ1) is 15.1. The lowest BCUT2D eigenvalue weighted by Gasteiger charge is -2.12. The van der Waals surface area contributed by atoms with E-state index in [1.54, 1.807) is 19.1 Å². The second-order valence-electron chi connectivity index (χ2n) is 4.91. The van der Waals surface area contributed by atoms with Gasteiger partial charge in [-0.25, -0.2) is 4.98 Å². The van der Waals surface area contributed by atoms with Crippen molar-refractivity contribution in [1.29, 1.82) is 0 Å². The highest BCUT2D eigenvalue weighted by atomic mass is 19.4. The number of aryl methyl sites for hydroxylation is 1. The normalized spacial score (nSPS) is 11.7. The minimum Gasteiger partial charge on any atom is -0.441 e. The van der Waals surface area contributed by atoms with Gasteiger partial charge in [0.25, 0.3) is 5.91 Å². The van der Waals surface area contributed by atoms with Crippen LogP contribution in [0.5, 0.6) is 0 Å². The van der Waals surface area contributed by atoms with E-state index in [0.29, 0.717) is 22.7 Å². The Kier molecular flexibility index (Phi) is 3.55. The molecule has 0 aliphatic carbocycles. The maximum absolute atomic E-state index is 13.0. The van der Waals surface area contributed by atoms with Crippen LogP contribution in [0.25, 0.3) is 11.1 Å². The number of nitrogens with zero attached hydrogens (tertiary/aromatic N) is 1. The van der Waals surface area contributed by atoms with Gasteiger partial charge in [0.05, 0.1) is 11.1 Å². The summed E-state index contributed by atoms with van der Waals surface area (Å²) in [5.41, 5.74) is -0.0286. The fourth-order valence-corrected chi connectivity index (χ4v) is 2.24. The molecule has 0 bridgehead atoms. The van der Waals surface area contributed by atoms with E-state index >= 15 is 0 Å². The van der Waals surface area contributed by atoms with Crippen LogP contribution in [0.3, 0.4) is 0 Å². The van der Waals surface area contributed by atoms with Gasteiger partial charge in [0, 0.05) is 18.7 Å². The van der Waals surface area contributed by atoms with Gasteiger partial charge in [-0.05, 0) is 24.3 Å². The molecule has 1 aromatic heterocycles. The molecule has 0 saturated carbocycles. The van der Waals surface area contributed by atoms with Crippen LogP contribution in [0.1, 0.15) is 21.8 Å². The molecule has 0 aliphatic heterocycles. The summed E-state index contributed by atoms with van der Waals surface area (Å²) in [7, 11) is 0. The Morgan fingerprint density at radius 1 is 1.17 bits per heavy atom. The number of hydrogen-bond acceptors (Lipinski definition) is 3. The minimum absolute atomic E-state index is 0.329. The monoisotopic (exact) mass is 320 g/mol. The van der Waals surface area contributed by atoms with E-state index in [4.69, 9.17) is 4.42 Å². The summed E-state index contributed by atoms with van der Waals surface area (Å²) in [6.07, 6.45) is -4.60. The fourth-order valence-electron chi connectivity index (χ4n) is 2.24. The number of carbonyl (C=O) groups excluding carboxylic acids is 1. The molecular formula is C16H11F3N2O2. The Labute approximate surface area is 128 Å². The molecule has 1 N–H and O–H groups in total. The van der Waals surface area contributed by atoms with Gasteiger partial charge in [-0.3, -0.25) is 4.79 Å². The Balaban J connectivity index is 1.92. The van der Waals surface area contributed by atoms with Crippen LogP contribution in [0, 0.1) is 6.92 Å². The first-order valence-corrected chi connectivity index (χ1v) is 6.69. The van der Waals surface area contributed by atoms with E-state index in [9.17, 15) is 18.0 Å². The minimum atomic E-state index is -4.60. The van der Waals surface area contributed by atoms with Crippen LogP contribution in [-0.2, 0) is 6.18 Å². The Bertz CT molecular complexity index is 884. The second-order valence-corrected chi connectivity index (χ2v) is 4.91. The van der Waals surface area contributed by atoms with Crippen molar-refractivity contribution in [1.82, 2.24) is 4.98 Å². The van der Waals surface area contributed by atoms with Gasteiger partial charge in [-0.15, -0.1) is 0 Å². The number of aromatic nitrogens is 1. The fraction of sp³-hybridized carbons (Fsp3) is 0.125. The van der Waals surface area contributed by atoms with Crippen molar-refractivity contribution < 1.29 is 22.4 Å². The van der Waals surface area contributed by atoms with Crippen LogP contribution in [0.4, 0.5) is 18.9 Å². The van der Waals surface area contributed by atoms with Gasteiger partial charge in [0.1, 0.15) is 5.52 Å². The van der Waals surface area contributed by atoms with E-state index in [2.05, 4.69) is 10.3 Å². The van der Waals surface area contributed by atoms with Crippen LogP contribution in [-0.4, -0.2) is 10.9 Å². The summed E-state index contributed by atoms with van der Waals surface area (Å²) in [5, 5.41) is 2.45. The topological polar surface area (TPSA) is 55.1 Å². The van der Waals surface area contributed by atoms with Crippen molar-refractivity contribution in [3.63, 3.8) is 0 Å². The lowest BCUT2D eigenvalue weighted by Crippen LogP contribution is -2.18. The molecule has 3 rings (SSSR count). The largest absolute Gasteiger partial charge is 0.441 e. The highest BCUT2D eigenvalue weighted by Crippen LogP contribution is 2.32.